The summed E-state index contributed by atoms with van der Waals surface area (Å²) in [5.74, 6) is 0.352. The Morgan fingerprint density at radius 3 is 2.44 bits per heavy atom. The second kappa shape index (κ2) is 4.49. The molecule has 1 heterocycles. The third-order valence-corrected chi connectivity index (χ3v) is 2.13. The zero-order valence-electron chi connectivity index (χ0n) is 9.73. The van der Waals surface area contributed by atoms with Gasteiger partial charge in [0.1, 0.15) is 11.9 Å². The lowest BCUT2D eigenvalue weighted by Gasteiger charge is -2.36. The molecule has 0 unspecified atom stereocenters. The van der Waals surface area contributed by atoms with Crippen LogP contribution < -0.4 is 15.7 Å². The number of nitrogens with zero attached hydrogens (tertiary/aromatic N) is 2. The van der Waals surface area contributed by atoms with Crippen LogP contribution in [0.5, 0.6) is 0 Å². The van der Waals surface area contributed by atoms with Crippen LogP contribution in [0.25, 0.3) is 0 Å². The Kier molecular flexibility index (Phi) is 3.49. The molecule has 0 fully saturated rings. The van der Waals surface area contributed by atoms with Crippen LogP contribution >= 0.6 is 0 Å². The molecule has 0 aliphatic heterocycles. The van der Waals surface area contributed by atoms with Crippen molar-refractivity contribution in [3.63, 3.8) is 0 Å². The summed E-state index contributed by atoms with van der Waals surface area (Å²) in [6, 6.07) is 3.38. The molecule has 0 bridgehead atoms. The van der Waals surface area contributed by atoms with Crippen molar-refractivity contribution in [3.8, 4) is 0 Å². The van der Waals surface area contributed by atoms with E-state index in [0.29, 0.717) is 12.4 Å². The number of rotatable bonds is 2. The van der Waals surface area contributed by atoms with Gasteiger partial charge in [0.2, 0.25) is 0 Å². The van der Waals surface area contributed by atoms with Crippen LogP contribution in [0.15, 0.2) is 18.3 Å². The molecule has 0 aromatic carbocycles. The molecule has 0 spiro atoms. The Labute approximate surface area is 94.9 Å². The molecule has 5 heteroatoms. The van der Waals surface area contributed by atoms with Crippen molar-refractivity contribution in [2.24, 2.45) is 5.73 Å². The van der Waals surface area contributed by atoms with Crippen molar-refractivity contribution in [1.29, 1.82) is 0 Å². The molecule has 0 saturated carbocycles. The van der Waals surface area contributed by atoms with Crippen LogP contribution in [0.4, 0.5) is 10.6 Å². The molecule has 0 aliphatic carbocycles. The molecular weight excluding hydrogens is 206 g/mol. The van der Waals surface area contributed by atoms with Crippen LogP contribution in [0.2, 0.25) is 0 Å². The lowest BCUT2D eigenvalue weighted by atomic mass is 10.1. The summed E-state index contributed by atoms with van der Waals surface area (Å²) in [6.07, 6.45) is 0.303. The Balaban J connectivity index is 3.07. The molecule has 1 aromatic heterocycles. The van der Waals surface area contributed by atoms with E-state index in [1.807, 2.05) is 0 Å². The second-order valence-corrected chi connectivity index (χ2v) is 4.50. The van der Waals surface area contributed by atoms with E-state index in [-0.39, 0.29) is 0 Å². The molecule has 0 saturated heterocycles. The Bertz CT molecular complexity index is 368. The molecule has 1 amide bonds. The third-order valence-electron chi connectivity index (χ3n) is 2.13. The minimum absolute atomic E-state index is 0.352. The van der Waals surface area contributed by atoms with E-state index in [4.69, 9.17) is 5.73 Å². The van der Waals surface area contributed by atoms with E-state index in [1.54, 1.807) is 39.1 Å². The largest absolute Gasteiger partial charge is 0.530 e. The fourth-order valence-corrected chi connectivity index (χ4v) is 1.38. The lowest BCUT2D eigenvalue weighted by Crippen LogP contribution is -2.52. The van der Waals surface area contributed by atoms with Crippen molar-refractivity contribution in [2.45, 2.75) is 32.9 Å². The quantitative estimate of drug-likeness (QED) is 0.789. The first-order chi connectivity index (χ1) is 7.36. The van der Waals surface area contributed by atoms with E-state index in [9.17, 15) is 9.90 Å². The highest BCUT2D eigenvalue weighted by Gasteiger charge is 2.23. The van der Waals surface area contributed by atoms with Crippen LogP contribution in [0.3, 0.4) is 0 Å². The van der Waals surface area contributed by atoms with Crippen molar-refractivity contribution in [2.75, 3.05) is 4.90 Å². The topological polar surface area (TPSA) is 82.3 Å². The van der Waals surface area contributed by atoms with E-state index >= 15 is 0 Å². The average molecular weight is 222 g/mol. The normalized spacial score (nSPS) is 11.2. The maximum absolute atomic E-state index is 11.1. The fraction of sp³-hybridized carbons (Fsp3) is 0.455. The first-order valence-corrected chi connectivity index (χ1v) is 5.02. The van der Waals surface area contributed by atoms with Gasteiger partial charge in [0.05, 0.1) is 0 Å². The van der Waals surface area contributed by atoms with Gasteiger partial charge in [-0.1, -0.05) is 6.07 Å². The molecule has 5 nitrogen and oxygen atoms in total. The van der Waals surface area contributed by atoms with Crippen LogP contribution in [0.1, 0.15) is 26.3 Å². The summed E-state index contributed by atoms with van der Waals surface area (Å²) in [7, 11) is 0. The van der Waals surface area contributed by atoms with E-state index in [1.165, 1.54) is 0 Å². The molecule has 88 valence electrons. The van der Waals surface area contributed by atoms with Gasteiger partial charge in [0.25, 0.3) is 0 Å². The standard InChI is InChI=1S/C11H17N3O2/c1-11(2,3)14(10(15)16)9-5-4-8(6-12)7-13-9/h4-5,7H,6,12H2,1-3H3,(H,15,16)/p-1. The first kappa shape index (κ1) is 12.4. The highest BCUT2D eigenvalue weighted by molar-refractivity contribution is 5.84. The van der Waals surface area contributed by atoms with Gasteiger partial charge in [0, 0.05) is 18.3 Å². The monoisotopic (exact) mass is 222 g/mol. The van der Waals surface area contributed by atoms with Gasteiger partial charge in [-0.05, 0) is 32.4 Å². The number of hydrogen-bond donors (Lipinski definition) is 1. The highest BCUT2D eigenvalue weighted by Crippen LogP contribution is 2.21. The molecular formula is C11H16N3O2-. The molecule has 16 heavy (non-hydrogen) atoms. The maximum Gasteiger partial charge on any atom is 0.143 e. The van der Waals surface area contributed by atoms with Gasteiger partial charge in [0.15, 0.2) is 0 Å². The van der Waals surface area contributed by atoms with Gasteiger partial charge < -0.3 is 20.5 Å². The number of amides is 1. The summed E-state index contributed by atoms with van der Waals surface area (Å²) in [4.78, 5) is 16.2. The van der Waals surface area contributed by atoms with Crippen molar-refractivity contribution in [1.82, 2.24) is 4.98 Å². The SMILES string of the molecule is CC(C)(C)N(C(=O)[O-])c1ccc(CN)cn1. The predicted molar refractivity (Wildman–Crippen MR) is 59.8 cm³/mol. The second-order valence-electron chi connectivity index (χ2n) is 4.50. The summed E-state index contributed by atoms with van der Waals surface area (Å²) in [5, 5.41) is 11.1. The first-order valence-electron chi connectivity index (χ1n) is 5.02. The number of carbonyl (C=O) groups is 1. The fourth-order valence-electron chi connectivity index (χ4n) is 1.38. The summed E-state index contributed by atoms with van der Waals surface area (Å²) in [5.41, 5.74) is 5.71. The molecule has 0 radical (unpaired) electrons. The van der Waals surface area contributed by atoms with Crippen molar-refractivity contribution >= 4 is 11.9 Å². The zero-order valence-corrected chi connectivity index (χ0v) is 9.73. The van der Waals surface area contributed by atoms with E-state index < -0.39 is 11.6 Å². The number of carboxylic acid groups (broad SMARTS) is 1. The van der Waals surface area contributed by atoms with Crippen molar-refractivity contribution < 1.29 is 9.90 Å². The number of anilines is 1. The number of pyridine rings is 1. The van der Waals surface area contributed by atoms with Crippen LogP contribution in [-0.4, -0.2) is 16.6 Å². The minimum atomic E-state index is -1.26. The smallest absolute Gasteiger partial charge is 0.143 e. The van der Waals surface area contributed by atoms with Gasteiger partial charge >= 0.3 is 0 Å². The zero-order chi connectivity index (χ0) is 12.3. The number of hydrogen-bond acceptors (Lipinski definition) is 4. The van der Waals surface area contributed by atoms with Crippen LogP contribution in [-0.2, 0) is 6.54 Å². The Morgan fingerprint density at radius 2 is 2.12 bits per heavy atom. The minimum Gasteiger partial charge on any atom is -0.530 e. The molecule has 0 atom stereocenters. The summed E-state index contributed by atoms with van der Waals surface area (Å²) < 4.78 is 0. The maximum atomic E-state index is 11.1. The molecule has 2 N–H and O–H groups in total. The number of carbonyl (C=O) groups excluding carboxylic acids is 1. The van der Waals surface area contributed by atoms with Gasteiger partial charge in [-0.3, -0.25) is 0 Å². The van der Waals surface area contributed by atoms with Crippen LogP contribution in [0, 0.1) is 0 Å². The Morgan fingerprint density at radius 1 is 1.50 bits per heavy atom. The summed E-state index contributed by atoms with van der Waals surface area (Å²) in [6.45, 7) is 5.72. The third kappa shape index (κ3) is 2.70. The van der Waals surface area contributed by atoms with Crippen molar-refractivity contribution in [3.05, 3.63) is 23.9 Å². The predicted octanol–water partition coefficient (Wildman–Crippen LogP) is 0.489. The molecule has 0 aliphatic rings. The Hall–Kier alpha value is -1.62. The average Bonchev–Trinajstić information content (AvgIpc) is 2.16. The van der Waals surface area contributed by atoms with Gasteiger partial charge in [-0.15, -0.1) is 0 Å². The number of aromatic nitrogens is 1. The van der Waals surface area contributed by atoms with E-state index in [0.717, 1.165) is 10.5 Å². The van der Waals surface area contributed by atoms with E-state index in [2.05, 4.69) is 4.98 Å². The number of nitrogens with two attached hydrogens (primary N) is 1. The van der Waals surface area contributed by atoms with Gasteiger partial charge in [-0.25, -0.2) is 4.98 Å². The van der Waals surface area contributed by atoms with Gasteiger partial charge in [-0.2, -0.15) is 0 Å². The molecule has 1 aromatic rings. The lowest BCUT2D eigenvalue weighted by molar-refractivity contribution is -0.247. The highest BCUT2D eigenvalue weighted by atomic mass is 16.4. The summed E-state index contributed by atoms with van der Waals surface area (Å²) >= 11 is 0. The molecule has 1 rings (SSSR count).